The SMILES string of the molecule is N#CC(=C=N)c1ccc(C(C#N)(C#N)CCc2ccc(CC[O+]3CCCC3)s2)cc1. The number of nitriles is 3. The van der Waals surface area contributed by atoms with E-state index in [-0.39, 0.29) is 5.57 Å². The molecule has 1 saturated heterocycles. The Morgan fingerprint density at radius 3 is 2.17 bits per heavy atom. The van der Waals surface area contributed by atoms with Gasteiger partial charge in [-0.05, 0) is 36.4 Å². The molecule has 150 valence electrons. The van der Waals surface area contributed by atoms with Gasteiger partial charge in [-0.25, -0.2) is 0 Å². The first-order valence-corrected chi connectivity index (χ1v) is 10.8. The predicted molar refractivity (Wildman–Crippen MR) is 117 cm³/mol. The van der Waals surface area contributed by atoms with Crippen molar-refractivity contribution < 1.29 is 4.37 Å². The van der Waals surface area contributed by atoms with E-state index < -0.39 is 5.41 Å². The average molecular weight is 416 g/mol. The van der Waals surface area contributed by atoms with Gasteiger partial charge in [0.15, 0.2) is 12.0 Å². The summed E-state index contributed by atoms with van der Waals surface area (Å²) in [5, 5.41) is 35.8. The van der Waals surface area contributed by atoms with Crippen molar-refractivity contribution in [3.8, 4) is 18.2 Å². The van der Waals surface area contributed by atoms with E-state index in [0.29, 0.717) is 24.0 Å². The lowest BCUT2D eigenvalue weighted by Crippen LogP contribution is -2.22. The van der Waals surface area contributed by atoms with Crippen LogP contribution in [-0.2, 0) is 22.6 Å². The quantitative estimate of drug-likeness (QED) is 0.384. The molecule has 3 rings (SSSR count). The zero-order valence-electron chi connectivity index (χ0n) is 16.8. The van der Waals surface area contributed by atoms with E-state index in [0.717, 1.165) is 26.2 Å². The molecule has 0 atom stereocenters. The van der Waals surface area contributed by atoms with Crippen LogP contribution >= 0.6 is 11.3 Å². The lowest BCUT2D eigenvalue weighted by atomic mass is 9.79. The lowest BCUT2D eigenvalue weighted by molar-refractivity contribution is -0.103. The molecule has 0 bridgehead atoms. The van der Waals surface area contributed by atoms with E-state index in [1.54, 1.807) is 35.6 Å². The van der Waals surface area contributed by atoms with Gasteiger partial charge in [-0.3, -0.25) is 5.41 Å². The highest BCUT2D eigenvalue weighted by molar-refractivity contribution is 7.12. The fourth-order valence-electron chi connectivity index (χ4n) is 3.66. The highest BCUT2D eigenvalue weighted by Crippen LogP contribution is 2.31. The van der Waals surface area contributed by atoms with Gasteiger partial charge < -0.3 is 4.37 Å². The molecule has 30 heavy (non-hydrogen) atoms. The number of hydrogen-bond donors (Lipinski definition) is 1. The molecule has 0 radical (unpaired) electrons. The van der Waals surface area contributed by atoms with Crippen LogP contribution in [-0.4, -0.2) is 25.7 Å². The molecule has 0 spiro atoms. The molecular formula is C24H23N4OS+. The molecule has 5 nitrogen and oxygen atoms in total. The number of allylic oxidation sites excluding steroid dienone is 1. The topological polar surface area (TPSA) is 97.9 Å². The summed E-state index contributed by atoms with van der Waals surface area (Å²) in [6, 6.07) is 17.3. The van der Waals surface area contributed by atoms with Crippen molar-refractivity contribution in [3.05, 3.63) is 57.3 Å². The Kier molecular flexibility index (Phi) is 7.18. The number of thiophene rings is 1. The Morgan fingerprint density at radius 1 is 0.967 bits per heavy atom. The summed E-state index contributed by atoms with van der Waals surface area (Å²) < 4.78 is 3.32. The molecule has 1 aliphatic rings. The maximum absolute atomic E-state index is 9.81. The maximum atomic E-state index is 9.81. The number of hydrogen-bond acceptors (Lipinski definition) is 5. The molecular weight excluding hydrogens is 392 g/mol. The highest BCUT2D eigenvalue weighted by atomic mass is 32.1. The summed E-state index contributed by atoms with van der Waals surface area (Å²) in [5.74, 6) is 2.10. The third kappa shape index (κ3) is 4.85. The number of nitrogens with one attached hydrogen (secondary N) is 1. The zero-order chi connectivity index (χ0) is 21.4. The minimum absolute atomic E-state index is 0.124. The van der Waals surface area contributed by atoms with Gasteiger partial charge in [0.2, 0.25) is 0 Å². The molecule has 1 N–H and O–H groups in total. The van der Waals surface area contributed by atoms with E-state index in [4.69, 9.17) is 10.7 Å². The van der Waals surface area contributed by atoms with Crippen LogP contribution in [0.1, 0.15) is 40.1 Å². The summed E-state index contributed by atoms with van der Waals surface area (Å²) in [7, 11) is 0. The van der Waals surface area contributed by atoms with E-state index in [9.17, 15) is 10.5 Å². The third-order valence-corrected chi connectivity index (χ3v) is 6.71. The summed E-state index contributed by atoms with van der Waals surface area (Å²) in [6.45, 7) is 3.26. The van der Waals surface area contributed by atoms with Gasteiger partial charge in [-0.15, -0.1) is 11.3 Å². The largest absolute Gasteiger partial charge is 0.422 e. The third-order valence-electron chi connectivity index (χ3n) is 5.50. The summed E-state index contributed by atoms with van der Waals surface area (Å²) in [5.41, 5.74) is 0.0507. The second-order valence-corrected chi connectivity index (χ2v) is 8.62. The Hall–Kier alpha value is -3.20. The summed E-state index contributed by atoms with van der Waals surface area (Å²) >= 11 is 1.76. The number of aryl methyl sites for hydroxylation is 1. The van der Waals surface area contributed by atoms with Crippen molar-refractivity contribution in [3.63, 3.8) is 0 Å². The monoisotopic (exact) mass is 415 g/mol. The lowest BCUT2D eigenvalue weighted by Gasteiger charge is -2.19. The van der Waals surface area contributed by atoms with Crippen molar-refractivity contribution in [2.45, 2.75) is 37.5 Å². The second kappa shape index (κ2) is 10.0. The first-order chi connectivity index (χ1) is 14.6. The molecule has 0 aliphatic carbocycles. The molecule has 2 heterocycles. The first kappa shape index (κ1) is 21.5. The first-order valence-electron chi connectivity index (χ1n) is 9.99. The maximum Gasteiger partial charge on any atom is 0.169 e. The Bertz CT molecular complexity index is 1040. The normalized spacial score (nSPS) is 13.8. The number of rotatable bonds is 8. The molecule has 2 aromatic rings. The Balaban J connectivity index is 1.67. The zero-order valence-corrected chi connectivity index (χ0v) is 17.6. The van der Waals surface area contributed by atoms with Gasteiger partial charge in [0, 0.05) is 28.2 Å². The van der Waals surface area contributed by atoms with Gasteiger partial charge in [0.05, 0.1) is 18.6 Å². The smallest absolute Gasteiger partial charge is 0.169 e. The molecule has 1 aliphatic heterocycles. The molecule has 0 amide bonds. The van der Waals surface area contributed by atoms with Crippen LogP contribution in [0.15, 0.2) is 36.4 Å². The fraction of sp³-hybridized carbons (Fsp3) is 0.375. The fourth-order valence-corrected chi connectivity index (χ4v) is 4.66. The average Bonchev–Trinajstić information content (AvgIpc) is 3.47. The molecule has 0 unspecified atom stereocenters. The van der Waals surface area contributed by atoms with Crippen LogP contribution in [0.3, 0.4) is 0 Å². The minimum atomic E-state index is -1.24. The molecule has 0 saturated carbocycles. The van der Waals surface area contributed by atoms with Gasteiger partial charge in [-0.2, -0.15) is 15.8 Å². The van der Waals surface area contributed by atoms with E-state index >= 15 is 0 Å². The minimum Gasteiger partial charge on any atom is -0.422 e. The highest BCUT2D eigenvalue weighted by Gasteiger charge is 2.32. The van der Waals surface area contributed by atoms with Crippen LogP contribution in [0.4, 0.5) is 0 Å². The van der Waals surface area contributed by atoms with E-state index in [1.807, 2.05) is 6.07 Å². The van der Waals surface area contributed by atoms with Crippen LogP contribution in [0.2, 0.25) is 0 Å². The molecule has 1 fully saturated rings. The van der Waals surface area contributed by atoms with Crippen molar-refractivity contribution in [2.24, 2.45) is 0 Å². The Labute approximate surface area is 181 Å². The number of nitrogens with zero attached hydrogens (tertiary/aromatic N) is 3. The molecule has 1 aromatic carbocycles. The summed E-state index contributed by atoms with van der Waals surface area (Å²) in [4.78, 5) is 2.51. The van der Waals surface area contributed by atoms with Gasteiger partial charge >= 0.3 is 0 Å². The number of benzene rings is 1. The van der Waals surface area contributed by atoms with E-state index in [2.05, 4.69) is 34.5 Å². The van der Waals surface area contributed by atoms with Crippen LogP contribution < -0.4 is 0 Å². The van der Waals surface area contributed by atoms with E-state index in [1.165, 1.54) is 22.6 Å². The molecule has 1 aromatic heterocycles. The van der Waals surface area contributed by atoms with Crippen molar-refractivity contribution in [2.75, 3.05) is 19.8 Å². The van der Waals surface area contributed by atoms with Gasteiger partial charge in [0.25, 0.3) is 0 Å². The van der Waals surface area contributed by atoms with Crippen molar-refractivity contribution in [1.29, 1.82) is 21.2 Å². The van der Waals surface area contributed by atoms with Crippen LogP contribution in [0.5, 0.6) is 0 Å². The van der Waals surface area contributed by atoms with Crippen LogP contribution in [0, 0.1) is 39.4 Å². The Morgan fingerprint density at radius 2 is 1.60 bits per heavy atom. The standard InChI is InChI=1S/C24H23N4OS/c25-15-20(16-26)19-3-5-21(6-4-19)24(17-27,18-28)11-9-22-7-8-23(30-22)10-14-29-12-1-2-13-29/h3-8,25H,1-2,9-14H2/q+1. The van der Waals surface area contributed by atoms with Gasteiger partial charge in [0.1, 0.15) is 24.9 Å². The van der Waals surface area contributed by atoms with Crippen molar-refractivity contribution in [1.82, 2.24) is 0 Å². The summed E-state index contributed by atoms with van der Waals surface area (Å²) in [6.07, 6.45) is 4.61. The van der Waals surface area contributed by atoms with Gasteiger partial charge in [-0.1, -0.05) is 24.3 Å². The van der Waals surface area contributed by atoms with Crippen LogP contribution in [0.25, 0.3) is 5.57 Å². The second-order valence-electron chi connectivity index (χ2n) is 7.37. The van der Waals surface area contributed by atoms with Crippen molar-refractivity contribution >= 4 is 22.8 Å². The predicted octanol–water partition coefficient (Wildman–Crippen LogP) is 4.71. The molecule has 6 heteroatoms.